The molecule has 1 heterocycles. The van der Waals surface area contributed by atoms with Gasteiger partial charge in [0.1, 0.15) is 0 Å². The van der Waals surface area contributed by atoms with Crippen molar-refractivity contribution < 1.29 is 4.79 Å². The lowest BCUT2D eigenvalue weighted by Crippen LogP contribution is -2.23. The topological polar surface area (TPSA) is 41.1 Å². The van der Waals surface area contributed by atoms with Gasteiger partial charge in [-0.25, -0.2) is 0 Å². The van der Waals surface area contributed by atoms with Crippen molar-refractivity contribution in [1.82, 2.24) is 5.32 Å². The summed E-state index contributed by atoms with van der Waals surface area (Å²) in [4.78, 5) is 11.6. The van der Waals surface area contributed by atoms with E-state index in [0.717, 1.165) is 24.9 Å². The molecule has 1 aromatic carbocycles. The number of hydrogen-bond acceptors (Lipinski definition) is 2. The lowest BCUT2D eigenvalue weighted by atomic mass is 9.90. The predicted octanol–water partition coefficient (Wildman–Crippen LogP) is 3.27. The maximum atomic E-state index is 11.6. The van der Waals surface area contributed by atoms with E-state index in [1.807, 2.05) is 7.05 Å². The molecule has 0 aromatic heterocycles. The number of anilines is 1. The Morgan fingerprint density at radius 3 is 2.84 bits per heavy atom. The molecule has 0 saturated heterocycles. The molecule has 2 N–H and O–H groups in total. The van der Waals surface area contributed by atoms with Crippen LogP contribution in [-0.2, 0) is 11.2 Å². The molecule has 0 fully saturated rings. The summed E-state index contributed by atoms with van der Waals surface area (Å²) in [5.41, 5.74) is 3.59. The number of rotatable bonds is 4. The average molecular weight is 260 g/mol. The Kier molecular flexibility index (Phi) is 4.59. The highest BCUT2D eigenvalue weighted by Crippen LogP contribution is 2.29. The predicted molar refractivity (Wildman–Crippen MR) is 79.3 cm³/mol. The van der Waals surface area contributed by atoms with Crippen LogP contribution in [0.4, 0.5) is 5.69 Å². The number of aryl methyl sites for hydroxylation is 1. The van der Waals surface area contributed by atoms with Gasteiger partial charge in [0, 0.05) is 18.2 Å². The van der Waals surface area contributed by atoms with E-state index in [2.05, 4.69) is 42.7 Å². The molecular formula is C16H24N2O. The molecule has 3 nitrogen and oxygen atoms in total. The first-order valence-electron chi connectivity index (χ1n) is 7.25. The van der Waals surface area contributed by atoms with E-state index in [9.17, 15) is 4.79 Å². The van der Waals surface area contributed by atoms with E-state index in [0.29, 0.717) is 18.4 Å². The summed E-state index contributed by atoms with van der Waals surface area (Å²) in [5, 5.41) is 6.40. The molecule has 0 radical (unpaired) electrons. The van der Waals surface area contributed by atoms with Crippen LogP contribution in [-0.4, -0.2) is 13.0 Å². The maximum Gasteiger partial charge on any atom is 0.224 e. The van der Waals surface area contributed by atoms with Crippen molar-refractivity contribution in [2.45, 2.75) is 45.6 Å². The first kappa shape index (κ1) is 14.1. The van der Waals surface area contributed by atoms with Gasteiger partial charge in [-0.05, 0) is 43.0 Å². The molecule has 0 saturated carbocycles. The van der Waals surface area contributed by atoms with Gasteiger partial charge >= 0.3 is 0 Å². The second-order valence-corrected chi connectivity index (χ2v) is 5.47. The standard InChI is InChI=1S/C16H24N2O/c1-4-11(2)16(17-3)13-8-9-14-12(10-13)6-5-7-15(19)18-14/h8-11,16-17H,4-7H2,1-3H3,(H,18,19). The molecule has 0 spiro atoms. The molecule has 0 bridgehead atoms. The molecule has 104 valence electrons. The smallest absolute Gasteiger partial charge is 0.224 e. The molecule has 1 aromatic rings. The van der Waals surface area contributed by atoms with Crippen LogP contribution >= 0.6 is 0 Å². The fourth-order valence-corrected chi connectivity index (χ4v) is 2.80. The number of nitrogens with one attached hydrogen (secondary N) is 2. The third kappa shape index (κ3) is 3.16. The summed E-state index contributed by atoms with van der Waals surface area (Å²) in [6.45, 7) is 4.49. The van der Waals surface area contributed by atoms with Gasteiger partial charge in [-0.2, -0.15) is 0 Å². The van der Waals surface area contributed by atoms with Gasteiger partial charge in [-0.3, -0.25) is 4.79 Å². The Hall–Kier alpha value is -1.35. The number of carbonyl (C=O) groups is 1. The van der Waals surface area contributed by atoms with Crippen LogP contribution in [0.5, 0.6) is 0 Å². The first-order valence-corrected chi connectivity index (χ1v) is 7.25. The Morgan fingerprint density at radius 2 is 2.16 bits per heavy atom. The summed E-state index contributed by atoms with van der Waals surface area (Å²) < 4.78 is 0. The van der Waals surface area contributed by atoms with Gasteiger partial charge in [0.05, 0.1) is 0 Å². The highest BCUT2D eigenvalue weighted by atomic mass is 16.1. The van der Waals surface area contributed by atoms with Crippen LogP contribution in [0, 0.1) is 5.92 Å². The van der Waals surface area contributed by atoms with Crippen molar-refractivity contribution in [3.05, 3.63) is 29.3 Å². The number of amides is 1. The van der Waals surface area contributed by atoms with Crippen molar-refractivity contribution in [2.24, 2.45) is 5.92 Å². The van der Waals surface area contributed by atoms with Crippen LogP contribution in [0.1, 0.15) is 50.3 Å². The zero-order valence-corrected chi connectivity index (χ0v) is 12.1. The normalized spacial score (nSPS) is 18.2. The molecule has 0 aliphatic carbocycles. The monoisotopic (exact) mass is 260 g/mol. The Bertz CT molecular complexity index is 456. The molecular weight excluding hydrogens is 236 g/mol. The van der Waals surface area contributed by atoms with Crippen molar-refractivity contribution in [3.63, 3.8) is 0 Å². The van der Waals surface area contributed by atoms with E-state index in [-0.39, 0.29) is 5.91 Å². The van der Waals surface area contributed by atoms with E-state index in [4.69, 9.17) is 0 Å². The molecule has 2 rings (SSSR count). The fourth-order valence-electron chi connectivity index (χ4n) is 2.80. The number of benzene rings is 1. The van der Waals surface area contributed by atoms with Crippen LogP contribution < -0.4 is 10.6 Å². The molecule has 1 aliphatic rings. The minimum absolute atomic E-state index is 0.138. The average Bonchev–Trinajstić information content (AvgIpc) is 2.59. The van der Waals surface area contributed by atoms with Gasteiger partial charge < -0.3 is 10.6 Å². The van der Waals surface area contributed by atoms with Crippen LogP contribution in [0.2, 0.25) is 0 Å². The third-order valence-electron chi connectivity index (χ3n) is 4.14. The summed E-state index contributed by atoms with van der Waals surface area (Å²) in [6.07, 6.45) is 3.71. The Balaban J connectivity index is 2.29. The van der Waals surface area contributed by atoms with Gasteiger partial charge in [0.15, 0.2) is 0 Å². The minimum atomic E-state index is 0.138. The summed E-state index contributed by atoms with van der Waals surface area (Å²) in [6, 6.07) is 6.83. The molecule has 3 heteroatoms. The lowest BCUT2D eigenvalue weighted by molar-refractivity contribution is -0.116. The fraction of sp³-hybridized carbons (Fsp3) is 0.562. The zero-order valence-electron chi connectivity index (χ0n) is 12.1. The van der Waals surface area contributed by atoms with E-state index < -0.39 is 0 Å². The SMILES string of the molecule is CCC(C)C(NC)c1ccc2c(c1)CCCC(=O)N2. The highest BCUT2D eigenvalue weighted by Gasteiger charge is 2.19. The number of hydrogen-bond donors (Lipinski definition) is 2. The van der Waals surface area contributed by atoms with E-state index >= 15 is 0 Å². The molecule has 1 aliphatic heterocycles. The van der Waals surface area contributed by atoms with Gasteiger partial charge in [-0.15, -0.1) is 0 Å². The quantitative estimate of drug-likeness (QED) is 0.872. The van der Waals surface area contributed by atoms with Crippen LogP contribution in [0.15, 0.2) is 18.2 Å². The molecule has 2 unspecified atom stereocenters. The molecule has 2 atom stereocenters. The lowest BCUT2D eigenvalue weighted by Gasteiger charge is -2.24. The van der Waals surface area contributed by atoms with E-state index in [1.54, 1.807) is 0 Å². The van der Waals surface area contributed by atoms with Crippen molar-refractivity contribution in [1.29, 1.82) is 0 Å². The largest absolute Gasteiger partial charge is 0.326 e. The summed E-state index contributed by atoms with van der Waals surface area (Å²) >= 11 is 0. The van der Waals surface area contributed by atoms with Crippen molar-refractivity contribution in [2.75, 3.05) is 12.4 Å². The van der Waals surface area contributed by atoms with Crippen molar-refractivity contribution >= 4 is 11.6 Å². The highest BCUT2D eigenvalue weighted by molar-refractivity contribution is 5.92. The third-order valence-corrected chi connectivity index (χ3v) is 4.14. The molecule has 1 amide bonds. The first-order chi connectivity index (χ1) is 9.15. The van der Waals surface area contributed by atoms with Crippen molar-refractivity contribution in [3.8, 4) is 0 Å². The van der Waals surface area contributed by atoms with Gasteiger partial charge in [0.25, 0.3) is 0 Å². The minimum Gasteiger partial charge on any atom is -0.326 e. The molecule has 19 heavy (non-hydrogen) atoms. The Labute approximate surface area is 115 Å². The van der Waals surface area contributed by atoms with Crippen LogP contribution in [0.25, 0.3) is 0 Å². The Morgan fingerprint density at radius 1 is 1.37 bits per heavy atom. The number of carbonyl (C=O) groups excluding carboxylic acids is 1. The summed E-state index contributed by atoms with van der Waals surface area (Å²) in [7, 11) is 2.02. The van der Waals surface area contributed by atoms with E-state index in [1.165, 1.54) is 11.1 Å². The van der Waals surface area contributed by atoms with Gasteiger partial charge in [-0.1, -0.05) is 32.4 Å². The summed E-state index contributed by atoms with van der Waals surface area (Å²) in [5.74, 6) is 0.738. The number of fused-ring (bicyclic) bond motifs is 1. The zero-order chi connectivity index (χ0) is 13.8. The van der Waals surface area contributed by atoms with Crippen LogP contribution in [0.3, 0.4) is 0 Å². The maximum absolute atomic E-state index is 11.6. The second-order valence-electron chi connectivity index (χ2n) is 5.47. The second kappa shape index (κ2) is 6.20. The van der Waals surface area contributed by atoms with Gasteiger partial charge in [0.2, 0.25) is 5.91 Å².